The van der Waals surface area contributed by atoms with E-state index in [0.717, 1.165) is 16.2 Å². The van der Waals surface area contributed by atoms with Crippen LogP contribution in [0, 0.1) is 0 Å². The van der Waals surface area contributed by atoms with Gasteiger partial charge in [0.15, 0.2) is 0 Å². The summed E-state index contributed by atoms with van der Waals surface area (Å²) in [7, 11) is -5.45. The summed E-state index contributed by atoms with van der Waals surface area (Å²) in [6, 6.07) is 13.5. The summed E-state index contributed by atoms with van der Waals surface area (Å²) in [5.41, 5.74) is 2.42. The first-order chi connectivity index (χ1) is 13.6. The summed E-state index contributed by atoms with van der Waals surface area (Å²) in [4.78, 5) is 0. The van der Waals surface area contributed by atoms with E-state index in [9.17, 15) is 16.8 Å². The molecule has 156 valence electrons. The second-order valence-electron chi connectivity index (χ2n) is 6.66. The standard InChI is InChI=1S/C19H23N3O5S2/c1-4-29(25,26)21-16-7-5-6-15(12-16)18-13-19(22(20-18)28(3,23)24)14-8-10-17(27-2)11-9-14/h5-12,19,21H,4,13H2,1-3H3/t19-/m1/s1. The fourth-order valence-electron chi connectivity index (χ4n) is 3.06. The zero-order valence-electron chi connectivity index (χ0n) is 16.4. The summed E-state index contributed by atoms with van der Waals surface area (Å²) in [5.74, 6) is 0.634. The SMILES string of the molecule is CCS(=O)(=O)Nc1cccc(C2=NN(S(C)(=O)=O)[C@@H](c3ccc(OC)cc3)C2)c1. The minimum absolute atomic E-state index is 0.0421. The molecule has 1 heterocycles. The first-order valence-electron chi connectivity index (χ1n) is 8.94. The van der Waals surface area contributed by atoms with Gasteiger partial charge in [-0.25, -0.2) is 16.8 Å². The van der Waals surface area contributed by atoms with Crippen molar-refractivity contribution in [3.63, 3.8) is 0 Å². The van der Waals surface area contributed by atoms with E-state index in [4.69, 9.17) is 4.74 Å². The largest absolute Gasteiger partial charge is 0.497 e. The molecular weight excluding hydrogens is 414 g/mol. The molecular formula is C19H23N3O5S2. The van der Waals surface area contributed by atoms with Crippen LogP contribution in [0.2, 0.25) is 0 Å². The Kier molecular flexibility index (Phi) is 5.85. The van der Waals surface area contributed by atoms with E-state index in [1.54, 1.807) is 50.4 Å². The molecule has 3 rings (SSSR count). The smallest absolute Gasteiger partial charge is 0.247 e. The fraction of sp³-hybridized carbons (Fsp3) is 0.316. The molecule has 2 aromatic carbocycles. The van der Waals surface area contributed by atoms with Crippen LogP contribution in [0.25, 0.3) is 0 Å². The number of hydrogen-bond acceptors (Lipinski definition) is 6. The highest BCUT2D eigenvalue weighted by molar-refractivity contribution is 7.92. The molecule has 0 saturated heterocycles. The van der Waals surface area contributed by atoms with Gasteiger partial charge in [0.1, 0.15) is 5.75 Å². The average molecular weight is 438 g/mol. The molecule has 0 aromatic heterocycles. The number of hydrazone groups is 1. The van der Waals surface area contributed by atoms with Crippen LogP contribution in [0.5, 0.6) is 5.75 Å². The Morgan fingerprint density at radius 1 is 1.14 bits per heavy atom. The van der Waals surface area contributed by atoms with E-state index >= 15 is 0 Å². The van der Waals surface area contributed by atoms with Crippen molar-refractivity contribution < 1.29 is 21.6 Å². The number of benzene rings is 2. The third-order valence-electron chi connectivity index (χ3n) is 4.56. The lowest BCUT2D eigenvalue weighted by Gasteiger charge is -2.21. The molecule has 1 N–H and O–H groups in total. The Labute approximate surface area is 171 Å². The van der Waals surface area contributed by atoms with Gasteiger partial charge in [0.2, 0.25) is 20.0 Å². The molecule has 0 bridgehead atoms. The quantitative estimate of drug-likeness (QED) is 0.717. The summed E-state index contributed by atoms with van der Waals surface area (Å²) in [6.07, 6.45) is 1.48. The van der Waals surface area contributed by atoms with Crippen LogP contribution in [0.3, 0.4) is 0 Å². The van der Waals surface area contributed by atoms with Crippen LogP contribution in [-0.4, -0.2) is 46.1 Å². The Morgan fingerprint density at radius 2 is 1.83 bits per heavy atom. The van der Waals surface area contributed by atoms with Gasteiger partial charge in [0, 0.05) is 12.1 Å². The monoisotopic (exact) mass is 437 g/mol. The molecule has 0 spiro atoms. The minimum atomic E-state index is -3.60. The lowest BCUT2D eigenvalue weighted by atomic mass is 9.99. The fourth-order valence-corrected chi connectivity index (χ4v) is 4.59. The number of anilines is 1. The van der Waals surface area contributed by atoms with Crippen molar-refractivity contribution in [1.82, 2.24) is 4.41 Å². The maximum atomic E-state index is 12.3. The maximum Gasteiger partial charge on any atom is 0.247 e. The van der Waals surface area contributed by atoms with Gasteiger partial charge in [0.05, 0.1) is 30.9 Å². The molecule has 0 amide bonds. The molecule has 1 aliphatic heterocycles. The summed E-state index contributed by atoms with van der Waals surface area (Å²) < 4.78 is 57.1. The van der Waals surface area contributed by atoms with Crippen LogP contribution in [-0.2, 0) is 20.0 Å². The van der Waals surface area contributed by atoms with Gasteiger partial charge in [-0.15, -0.1) is 0 Å². The molecule has 8 nitrogen and oxygen atoms in total. The topological polar surface area (TPSA) is 105 Å². The van der Waals surface area contributed by atoms with E-state index in [2.05, 4.69) is 9.82 Å². The van der Waals surface area contributed by atoms with E-state index in [0.29, 0.717) is 29.1 Å². The Hall–Kier alpha value is -2.59. The van der Waals surface area contributed by atoms with E-state index < -0.39 is 26.1 Å². The molecule has 2 aromatic rings. The second kappa shape index (κ2) is 8.03. The van der Waals surface area contributed by atoms with E-state index in [1.807, 2.05) is 12.1 Å². The summed E-state index contributed by atoms with van der Waals surface area (Å²) in [5, 5.41) is 4.34. The van der Waals surface area contributed by atoms with Crippen molar-refractivity contribution in [3.8, 4) is 5.75 Å². The van der Waals surface area contributed by atoms with Gasteiger partial charge >= 0.3 is 0 Å². The van der Waals surface area contributed by atoms with Crippen molar-refractivity contribution in [2.75, 3.05) is 23.8 Å². The Bertz CT molecular complexity index is 1130. The van der Waals surface area contributed by atoms with Crippen molar-refractivity contribution >= 4 is 31.4 Å². The number of sulfonamides is 2. The van der Waals surface area contributed by atoms with Gasteiger partial charge < -0.3 is 4.74 Å². The average Bonchev–Trinajstić information content (AvgIpc) is 3.14. The Morgan fingerprint density at radius 3 is 2.41 bits per heavy atom. The molecule has 0 unspecified atom stereocenters. The molecule has 1 atom stereocenters. The third kappa shape index (κ3) is 4.88. The van der Waals surface area contributed by atoms with E-state index in [1.165, 1.54) is 0 Å². The molecule has 10 heteroatoms. The Balaban J connectivity index is 1.94. The van der Waals surface area contributed by atoms with Crippen molar-refractivity contribution in [1.29, 1.82) is 0 Å². The highest BCUT2D eigenvalue weighted by Gasteiger charge is 2.34. The first-order valence-corrected chi connectivity index (χ1v) is 12.4. The molecule has 0 aliphatic carbocycles. The molecule has 0 radical (unpaired) electrons. The van der Waals surface area contributed by atoms with Crippen LogP contribution < -0.4 is 9.46 Å². The number of ether oxygens (including phenoxy) is 1. The number of methoxy groups -OCH3 is 1. The van der Waals surface area contributed by atoms with Crippen molar-refractivity contribution in [2.24, 2.45) is 5.10 Å². The molecule has 1 aliphatic rings. The molecule has 0 saturated carbocycles. The predicted molar refractivity (Wildman–Crippen MR) is 113 cm³/mol. The van der Waals surface area contributed by atoms with E-state index in [-0.39, 0.29) is 5.75 Å². The van der Waals surface area contributed by atoms with Gasteiger partial charge in [0.25, 0.3) is 0 Å². The second-order valence-corrected chi connectivity index (χ2v) is 10.5. The predicted octanol–water partition coefficient (Wildman–Crippen LogP) is 2.57. The number of nitrogens with zero attached hydrogens (tertiary/aromatic N) is 2. The van der Waals surface area contributed by atoms with Gasteiger partial charge in [-0.05, 0) is 42.3 Å². The maximum absolute atomic E-state index is 12.3. The van der Waals surface area contributed by atoms with Gasteiger partial charge in [-0.3, -0.25) is 4.72 Å². The molecule has 0 fully saturated rings. The first kappa shape index (κ1) is 21.1. The zero-order valence-corrected chi connectivity index (χ0v) is 18.0. The number of hydrogen-bond donors (Lipinski definition) is 1. The lowest BCUT2D eigenvalue weighted by Crippen LogP contribution is -2.25. The van der Waals surface area contributed by atoms with Crippen LogP contribution in [0.15, 0.2) is 53.6 Å². The van der Waals surface area contributed by atoms with Crippen LogP contribution in [0.1, 0.15) is 30.5 Å². The van der Waals surface area contributed by atoms with Crippen molar-refractivity contribution in [3.05, 3.63) is 59.7 Å². The summed E-state index contributed by atoms with van der Waals surface area (Å²) >= 11 is 0. The van der Waals surface area contributed by atoms with Gasteiger partial charge in [-0.2, -0.15) is 9.52 Å². The highest BCUT2D eigenvalue weighted by atomic mass is 32.2. The van der Waals surface area contributed by atoms with Crippen molar-refractivity contribution in [2.45, 2.75) is 19.4 Å². The number of nitrogens with one attached hydrogen (secondary N) is 1. The highest BCUT2D eigenvalue weighted by Crippen LogP contribution is 2.35. The normalized spacial score (nSPS) is 17.1. The number of rotatable bonds is 7. The van der Waals surface area contributed by atoms with Crippen LogP contribution >= 0.6 is 0 Å². The minimum Gasteiger partial charge on any atom is -0.497 e. The third-order valence-corrected chi connectivity index (χ3v) is 6.88. The van der Waals surface area contributed by atoms with Crippen LogP contribution in [0.4, 0.5) is 5.69 Å². The lowest BCUT2D eigenvalue weighted by molar-refractivity contribution is 0.374. The zero-order chi connectivity index (χ0) is 21.2. The molecule has 29 heavy (non-hydrogen) atoms. The summed E-state index contributed by atoms with van der Waals surface area (Å²) in [6.45, 7) is 1.55. The van der Waals surface area contributed by atoms with Gasteiger partial charge in [-0.1, -0.05) is 24.3 Å².